The highest BCUT2D eigenvalue weighted by molar-refractivity contribution is 5.43. The summed E-state index contributed by atoms with van der Waals surface area (Å²) in [6.45, 7) is 9.19. The van der Waals surface area contributed by atoms with Gasteiger partial charge in [0.25, 0.3) is 0 Å². The van der Waals surface area contributed by atoms with Crippen LogP contribution in [0.3, 0.4) is 0 Å². The van der Waals surface area contributed by atoms with Gasteiger partial charge in [-0.3, -0.25) is 0 Å². The summed E-state index contributed by atoms with van der Waals surface area (Å²) in [5.41, 5.74) is -0.794. The van der Waals surface area contributed by atoms with Crippen molar-refractivity contribution >= 4 is 0 Å². The minimum absolute atomic E-state index is 0.0914. The number of ether oxygens (including phenoxy) is 1. The second-order valence-corrected chi connectivity index (χ2v) is 6.31. The summed E-state index contributed by atoms with van der Waals surface area (Å²) in [5, 5.41) is 21.0. The van der Waals surface area contributed by atoms with Crippen LogP contribution in [0, 0.1) is 12.8 Å². The molecule has 1 aliphatic rings. The highest BCUT2D eigenvalue weighted by atomic mass is 16.5. The molecule has 3 unspecified atom stereocenters. The molecule has 0 saturated carbocycles. The van der Waals surface area contributed by atoms with Gasteiger partial charge in [0, 0.05) is 0 Å². The topological polar surface area (TPSA) is 79.9 Å². The molecular formula is C17H24O5. The van der Waals surface area contributed by atoms with E-state index in [1.54, 1.807) is 6.92 Å². The Kier molecular flexibility index (Phi) is 4.49. The summed E-state index contributed by atoms with van der Waals surface area (Å²) < 4.78 is 11.0. The average molecular weight is 308 g/mol. The standard InChI is InChI=1S/C17H24O5/c1-6-9(2)7-10(3)14-17(5,20)15-12(8-21-14)13(18)11(4)16(19)22-15/h7,9,14,18,20H,6,8H2,1-5H3. The van der Waals surface area contributed by atoms with Crippen LogP contribution in [0.25, 0.3) is 0 Å². The molecule has 0 aromatic carbocycles. The van der Waals surface area contributed by atoms with Gasteiger partial charge in [0.05, 0.1) is 17.7 Å². The van der Waals surface area contributed by atoms with Crippen molar-refractivity contribution in [1.29, 1.82) is 0 Å². The van der Waals surface area contributed by atoms with Crippen molar-refractivity contribution in [3.05, 3.63) is 39.0 Å². The molecule has 0 saturated heterocycles. The molecule has 22 heavy (non-hydrogen) atoms. The maximum atomic E-state index is 11.8. The van der Waals surface area contributed by atoms with Crippen LogP contribution in [0.15, 0.2) is 20.9 Å². The van der Waals surface area contributed by atoms with E-state index in [1.165, 1.54) is 6.92 Å². The Morgan fingerprint density at radius 2 is 2.18 bits per heavy atom. The minimum Gasteiger partial charge on any atom is -0.507 e. The Hall–Kier alpha value is -1.59. The molecule has 0 aliphatic carbocycles. The number of fused-ring (bicyclic) bond motifs is 1. The smallest absolute Gasteiger partial charge is 0.342 e. The Bertz CT molecular complexity index is 654. The van der Waals surface area contributed by atoms with Gasteiger partial charge in [-0.25, -0.2) is 4.79 Å². The average Bonchev–Trinajstić information content (AvgIpc) is 2.45. The summed E-state index contributed by atoms with van der Waals surface area (Å²) in [6.07, 6.45) is 2.42. The van der Waals surface area contributed by atoms with Gasteiger partial charge in [0.2, 0.25) is 0 Å². The molecule has 1 aliphatic heterocycles. The predicted molar refractivity (Wildman–Crippen MR) is 82.7 cm³/mol. The lowest BCUT2D eigenvalue weighted by atomic mass is 9.84. The van der Waals surface area contributed by atoms with Gasteiger partial charge >= 0.3 is 5.63 Å². The van der Waals surface area contributed by atoms with E-state index < -0.39 is 17.3 Å². The molecule has 5 nitrogen and oxygen atoms in total. The minimum atomic E-state index is -1.51. The molecule has 1 aromatic heterocycles. The van der Waals surface area contributed by atoms with Crippen molar-refractivity contribution in [2.45, 2.75) is 59.4 Å². The maximum absolute atomic E-state index is 11.8. The molecule has 0 amide bonds. The van der Waals surface area contributed by atoms with Crippen LogP contribution in [-0.2, 0) is 16.9 Å². The molecular weight excluding hydrogens is 284 g/mol. The van der Waals surface area contributed by atoms with Crippen LogP contribution in [0.1, 0.15) is 51.0 Å². The SMILES string of the molecule is CCC(C)C=C(C)C1OCc2c(oc(=O)c(C)c2O)C1(C)O. The number of allylic oxidation sites excluding steroid dienone is 1. The van der Waals surface area contributed by atoms with Crippen molar-refractivity contribution in [3.8, 4) is 5.75 Å². The van der Waals surface area contributed by atoms with E-state index in [9.17, 15) is 15.0 Å². The van der Waals surface area contributed by atoms with Crippen molar-refractivity contribution < 1.29 is 19.4 Å². The van der Waals surface area contributed by atoms with Gasteiger partial charge < -0.3 is 19.4 Å². The molecule has 5 heteroatoms. The predicted octanol–water partition coefficient (Wildman–Crippen LogP) is 2.75. The first-order valence-corrected chi connectivity index (χ1v) is 7.58. The molecule has 3 atom stereocenters. The van der Waals surface area contributed by atoms with Crippen molar-refractivity contribution in [2.24, 2.45) is 5.92 Å². The van der Waals surface area contributed by atoms with Crippen molar-refractivity contribution in [1.82, 2.24) is 0 Å². The normalized spacial score (nSPS) is 26.6. The summed E-state index contributed by atoms with van der Waals surface area (Å²) in [4.78, 5) is 11.8. The third-order valence-electron chi connectivity index (χ3n) is 4.39. The summed E-state index contributed by atoms with van der Waals surface area (Å²) in [5.74, 6) is 0.293. The Labute approximate surface area is 130 Å². The molecule has 0 fully saturated rings. The van der Waals surface area contributed by atoms with Crippen LogP contribution < -0.4 is 5.63 Å². The van der Waals surface area contributed by atoms with E-state index in [0.29, 0.717) is 11.5 Å². The first-order valence-electron chi connectivity index (χ1n) is 7.58. The Balaban J connectivity index is 2.51. The van der Waals surface area contributed by atoms with Crippen LogP contribution in [0.2, 0.25) is 0 Å². The van der Waals surface area contributed by atoms with Gasteiger partial charge in [0.1, 0.15) is 17.5 Å². The Morgan fingerprint density at radius 1 is 1.55 bits per heavy atom. The van der Waals surface area contributed by atoms with Crippen LogP contribution in [0.5, 0.6) is 5.75 Å². The number of aliphatic hydroxyl groups is 1. The molecule has 2 heterocycles. The van der Waals surface area contributed by atoms with Crippen molar-refractivity contribution in [3.63, 3.8) is 0 Å². The molecule has 0 radical (unpaired) electrons. The highest BCUT2D eigenvalue weighted by Crippen LogP contribution is 2.41. The van der Waals surface area contributed by atoms with Gasteiger partial charge in [-0.2, -0.15) is 0 Å². The summed E-state index contributed by atoms with van der Waals surface area (Å²) >= 11 is 0. The largest absolute Gasteiger partial charge is 0.507 e. The molecule has 2 rings (SSSR count). The molecule has 1 aromatic rings. The fourth-order valence-electron chi connectivity index (χ4n) is 2.88. The second-order valence-electron chi connectivity index (χ2n) is 6.31. The van der Waals surface area contributed by atoms with E-state index in [4.69, 9.17) is 9.15 Å². The van der Waals surface area contributed by atoms with E-state index in [0.717, 1.165) is 12.0 Å². The first-order chi connectivity index (χ1) is 10.2. The molecule has 2 N–H and O–H groups in total. The lowest BCUT2D eigenvalue weighted by Gasteiger charge is -2.38. The van der Waals surface area contributed by atoms with Gasteiger partial charge in [-0.15, -0.1) is 0 Å². The monoisotopic (exact) mass is 308 g/mol. The number of rotatable bonds is 3. The second kappa shape index (κ2) is 5.89. The van der Waals surface area contributed by atoms with E-state index in [-0.39, 0.29) is 23.7 Å². The zero-order valence-corrected chi connectivity index (χ0v) is 13.8. The quantitative estimate of drug-likeness (QED) is 0.839. The van der Waals surface area contributed by atoms with E-state index in [2.05, 4.69) is 19.9 Å². The lowest BCUT2D eigenvalue weighted by Crippen LogP contribution is -2.44. The van der Waals surface area contributed by atoms with Crippen molar-refractivity contribution in [2.75, 3.05) is 0 Å². The van der Waals surface area contributed by atoms with Crippen LogP contribution in [-0.4, -0.2) is 16.3 Å². The molecule has 122 valence electrons. The molecule has 0 bridgehead atoms. The van der Waals surface area contributed by atoms with Gasteiger partial charge in [0.15, 0.2) is 5.76 Å². The highest BCUT2D eigenvalue weighted by Gasteiger charge is 2.45. The number of hydrogen-bond donors (Lipinski definition) is 2. The summed E-state index contributed by atoms with van der Waals surface area (Å²) in [7, 11) is 0. The summed E-state index contributed by atoms with van der Waals surface area (Å²) in [6, 6.07) is 0. The Morgan fingerprint density at radius 3 is 2.77 bits per heavy atom. The van der Waals surface area contributed by atoms with E-state index >= 15 is 0 Å². The van der Waals surface area contributed by atoms with Crippen LogP contribution in [0.4, 0.5) is 0 Å². The zero-order valence-electron chi connectivity index (χ0n) is 13.8. The number of hydrogen-bond acceptors (Lipinski definition) is 5. The first kappa shape index (κ1) is 16.8. The van der Waals surface area contributed by atoms with Gasteiger partial charge in [-0.05, 0) is 32.3 Å². The molecule has 0 spiro atoms. The number of aromatic hydroxyl groups is 1. The van der Waals surface area contributed by atoms with Gasteiger partial charge in [-0.1, -0.05) is 26.3 Å². The van der Waals surface area contributed by atoms with Crippen LogP contribution >= 0.6 is 0 Å². The van der Waals surface area contributed by atoms with E-state index in [1.807, 2.05) is 6.92 Å². The third kappa shape index (κ3) is 2.71. The fraction of sp³-hybridized carbons (Fsp3) is 0.588. The fourth-order valence-corrected chi connectivity index (χ4v) is 2.88. The maximum Gasteiger partial charge on any atom is 0.342 e. The lowest BCUT2D eigenvalue weighted by molar-refractivity contribution is -0.122. The third-order valence-corrected chi connectivity index (χ3v) is 4.39. The zero-order chi connectivity index (χ0) is 16.7.